The van der Waals surface area contributed by atoms with Gasteiger partial charge in [0.15, 0.2) is 0 Å². The molecule has 0 atom stereocenters. The van der Waals surface area contributed by atoms with Gasteiger partial charge in [0.1, 0.15) is 23.1 Å². The van der Waals surface area contributed by atoms with Crippen LogP contribution in [-0.4, -0.2) is 31.4 Å². The average molecular weight is 413 g/mol. The van der Waals surface area contributed by atoms with E-state index in [0.717, 1.165) is 23.6 Å². The monoisotopic (exact) mass is 412 g/mol. The summed E-state index contributed by atoms with van der Waals surface area (Å²) in [6.45, 7) is 12.5. The SMILES string of the molecule is C=CCn1nc(Nc2ccc(-n3cnc(Cl)c3)c(OC)c2)nc1C(C)(C)CC=C. The molecule has 3 rings (SSSR count). The number of halogens is 1. The molecule has 0 aliphatic carbocycles. The van der Waals surface area contributed by atoms with E-state index in [1.807, 2.05) is 29.0 Å². The first-order valence-electron chi connectivity index (χ1n) is 9.20. The van der Waals surface area contributed by atoms with Crippen LogP contribution in [0.3, 0.4) is 0 Å². The number of hydrogen-bond donors (Lipinski definition) is 1. The molecule has 0 saturated carbocycles. The van der Waals surface area contributed by atoms with E-state index in [9.17, 15) is 0 Å². The lowest BCUT2D eigenvalue weighted by atomic mass is 9.88. The van der Waals surface area contributed by atoms with Crippen molar-refractivity contribution in [2.45, 2.75) is 32.2 Å². The standard InChI is InChI=1S/C21H25ClN6O/c1-6-10-21(3,4)19-25-20(26-28(19)11-7-2)24-15-8-9-16(17(12-15)29-5)27-13-18(22)23-14-27/h6-9,12-14H,1-2,10-11H2,3-5H3,(H,24,26). The lowest BCUT2D eigenvalue weighted by Crippen LogP contribution is -2.22. The Morgan fingerprint density at radius 3 is 2.69 bits per heavy atom. The van der Waals surface area contributed by atoms with Gasteiger partial charge in [0.2, 0.25) is 5.95 Å². The lowest BCUT2D eigenvalue weighted by molar-refractivity contribution is 0.413. The van der Waals surface area contributed by atoms with Crippen LogP contribution in [0.1, 0.15) is 26.1 Å². The average Bonchev–Trinajstić information content (AvgIpc) is 3.28. The van der Waals surface area contributed by atoms with Crippen LogP contribution in [0.15, 0.2) is 56.0 Å². The second-order valence-corrected chi connectivity index (χ2v) is 7.61. The summed E-state index contributed by atoms with van der Waals surface area (Å²) in [7, 11) is 1.62. The Balaban J connectivity index is 1.91. The van der Waals surface area contributed by atoms with Crippen molar-refractivity contribution < 1.29 is 4.74 Å². The predicted octanol–water partition coefficient (Wildman–Crippen LogP) is 4.91. The molecule has 0 spiro atoms. The summed E-state index contributed by atoms with van der Waals surface area (Å²) >= 11 is 5.93. The summed E-state index contributed by atoms with van der Waals surface area (Å²) in [4.78, 5) is 8.77. The van der Waals surface area contributed by atoms with Crippen molar-refractivity contribution in [2.75, 3.05) is 12.4 Å². The number of hydrogen-bond acceptors (Lipinski definition) is 5. The molecule has 152 valence electrons. The minimum absolute atomic E-state index is 0.195. The number of imidazole rings is 1. The van der Waals surface area contributed by atoms with E-state index in [-0.39, 0.29) is 5.41 Å². The fourth-order valence-electron chi connectivity index (χ4n) is 3.13. The number of anilines is 2. The minimum Gasteiger partial charge on any atom is -0.494 e. The van der Waals surface area contributed by atoms with Crippen LogP contribution in [0.25, 0.3) is 5.69 Å². The molecular formula is C21H25ClN6O. The van der Waals surface area contributed by atoms with E-state index in [0.29, 0.717) is 23.4 Å². The van der Waals surface area contributed by atoms with Crippen molar-refractivity contribution in [1.82, 2.24) is 24.3 Å². The molecule has 2 aromatic heterocycles. The Kier molecular flexibility index (Phi) is 6.08. The van der Waals surface area contributed by atoms with Crippen LogP contribution in [0.4, 0.5) is 11.6 Å². The fraction of sp³-hybridized carbons (Fsp3) is 0.286. The van der Waals surface area contributed by atoms with Gasteiger partial charge in [-0.05, 0) is 18.6 Å². The van der Waals surface area contributed by atoms with E-state index in [2.05, 4.69) is 42.4 Å². The molecule has 0 unspecified atom stereocenters. The van der Waals surface area contributed by atoms with E-state index in [4.69, 9.17) is 21.3 Å². The Labute approximate surface area is 175 Å². The summed E-state index contributed by atoms with van der Waals surface area (Å²) in [5, 5.41) is 8.28. The molecule has 0 radical (unpaired) electrons. The molecule has 2 heterocycles. The van der Waals surface area contributed by atoms with Crippen molar-refractivity contribution in [3.05, 3.63) is 67.0 Å². The topological polar surface area (TPSA) is 69.8 Å². The third-order valence-corrected chi connectivity index (χ3v) is 4.69. The van der Waals surface area contributed by atoms with Gasteiger partial charge in [0, 0.05) is 23.4 Å². The van der Waals surface area contributed by atoms with Crippen molar-refractivity contribution in [2.24, 2.45) is 0 Å². The number of allylic oxidation sites excluding steroid dienone is 2. The molecule has 1 aromatic carbocycles. The van der Waals surface area contributed by atoms with Crippen molar-refractivity contribution in [3.63, 3.8) is 0 Å². The minimum atomic E-state index is -0.195. The van der Waals surface area contributed by atoms with Crippen LogP contribution >= 0.6 is 11.6 Å². The molecule has 0 aliphatic heterocycles. The highest BCUT2D eigenvalue weighted by atomic mass is 35.5. The van der Waals surface area contributed by atoms with E-state index >= 15 is 0 Å². The summed E-state index contributed by atoms with van der Waals surface area (Å²) in [6.07, 6.45) is 7.85. The molecular weight excluding hydrogens is 388 g/mol. The third-order valence-electron chi connectivity index (χ3n) is 4.50. The largest absolute Gasteiger partial charge is 0.494 e. The van der Waals surface area contributed by atoms with E-state index in [1.54, 1.807) is 30.3 Å². The maximum absolute atomic E-state index is 5.93. The van der Waals surface area contributed by atoms with Crippen molar-refractivity contribution in [1.29, 1.82) is 0 Å². The molecule has 0 bridgehead atoms. The number of rotatable bonds is 9. The zero-order chi connectivity index (χ0) is 21.0. The summed E-state index contributed by atoms with van der Waals surface area (Å²) < 4.78 is 9.20. The van der Waals surface area contributed by atoms with Crippen LogP contribution in [0, 0.1) is 0 Å². The fourth-order valence-corrected chi connectivity index (χ4v) is 3.27. The second kappa shape index (κ2) is 8.53. The molecule has 29 heavy (non-hydrogen) atoms. The molecule has 0 aliphatic rings. The van der Waals surface area contributed by atoms with Gasteiger partial charge in [-0.1, -0.05) is 37.6 Å². The molecule has 7 nitrogen and oxygen atoms in total. The second-order valence-electron chi connectivity index (χ2n) is 7.22. The maximum Gasteiger partial charge on any atom is 0.246 e. The number of nitrogens with zero attached hydrogens (tertiary/aromatic N) is 5. The van der Waals surface area contributed by atoms with Gasteiger partial charge < -0.3 is 14.6 Å². The first kappa shape index (κ1) is 20.7. The number of benzene rings is 1. The Morgan fingerprint density at radius 2 is 2.07 bits per heavy atom. The van der Waals surface area contributed by atoms with Crippen LogP contribution in [0.5, 0.6) is 5.75 Å². The normalized spacial score (nSPS) is 11.3. The smallest absolute Gasteiger partial charge is 0.246 e. The van der Waals surface area contributed by atoms with Gasteiger partial charge in [-0.25, -0.2) is 9.67 Å². The van der Waals surface area contributed by atoms with Gasteiger partial charge in [0.05, 0.1) is 19.3 Å². The highest BCUT2D eigenvalue weighted by Gasteiger charge is 2.26. The Bertz CT molecular complexity index is 1020. The van der Waals surface area contributed by atoms with Crippen LogP contribution in [0.2, 0.25) is 5.15 Å². The van der Waals surface area contributed by atoms with Gasteiger partial charge in [0.25, 0.3) is 0 Å². The van der Waals surface area contributed by atoms with Crippen LogP contribution < -0.4 is 10.1 Å². The van der Waals surface area contributed by atoms with Crippen LogP contribution in [-0.2, 0) is 12.0 Å². The quantitative estimate of drug-likeness (QED) is 0.505. The molecule has 1 N–H and O–H groups in total. The maximum atomic E-state index is 5.93. The van der Waals surface area contributed by atoms with Crippen molar-refractivity contribution >= 4 is 23.2 Å². The molecule has 0 amide bonds. The first-order valence-corrected chi connectivity index (χ1v) is 9.58. The number of aromatic nitrogens is 5. The van der Waals surface area contributed by atoms with E-state index < -0.39 is 0 Å². The Morgan fingerprint density at radius 1 is 1.28 bits per heavy atom. The molecule has 8 heteroatoms. The van der Waals surface area contributed by atoms with Gasteiger partial charge >= 0.3 is 0 Å². The highest BCUT2D eigenvalue weighted by Crippen LogP contribution is 2.30. The van der Waals surface area contributed by atoms with Gasteiger partial charge in [-0.15, -0.1) is 18.3 Å². The summed E-state index contributed by atoms with van der Waals surface area (Å²) in [5.74, 6) is 2.05. The molecule has 0 fully saturated rings. The number of nitrogens with one attached hydrogen (secondary N) is 1. The first-order chi connectivity index (χ1) is 13.9. The van der Waals surface area contributed by atoms with E-state index in [1.165, 1.54) is 0 Å². The number of methoxy groups -OCH3 is 1. The zero-order valence-electron chi connectivity index (χ0n) is 16.9. The number of ether oxygens (including phenoxy) is 1. The predicted molar refractivity (Wildman–Crippen MR) is 116 cm³/mol. The lowest BCUT2D eigenvalue weighted by Gasteiger charge is -2.21. The zero-order valence-corrected chi connectivity index (χ0v) is 17.6. The molecule has 3 aromatic rings. The Hall–Kier alpha value is -3.06. The highest BCUT2D eigenvalue weighted by molar-refractivity contribution is 6.29. The third kappa shape index (κ3) is 4.51. The van der Waals surface area contributed by atoms with Crippen molar-refractivity contribution in [3.8, 4) is 11.4 Å². The molecule has 0 saturated heterocycles. The summed E-state index contributed by atoms with van der Waals surface area (Å²) in [6, 6.07) is 5.73. The van der Waals surface area contributed by atoms with Gasteiger partial charge in [-0.2, -0.15) is 4.98 Å². The summed E-state index contributed by atoms with van der Waals surface area (Å²) in [5.41, 5.74) is 1.44. The van der Waals surface area contributed by atoms with Gasteiger partial charge in [-0.3, -0.25) is 0 Å².